The second-order valence-electron chi connectivity index (χ2n) is 6.17. The Bertz CT molecular complexity index is 912. The Kier molecular flexibility index (Phi) is 7.41. The van der Waals surface area contributed by atoms with Crippen LogP contribution in [0.5, 0.6) is 0 Å². The summed E-state index contributed by atoms with van der Waals surface area (Å²) >= 11 is 0. The first-order valence-corrected chi connectivity index (χ1v) is 8.65. The van der Waals surface area contributed by atoms with Crippen LogP contribution in [-0.4, -0.2) is 42.5 Å². The number of methoxy groups -OCH3 is 1. The van der Waals surface area contributed by atoms with Gasteiger partial charge in [0.15, 0.2) is 6.61 Å². The lowest BCUT2D eigenvalue weighted by molar-refractivity contribution is -0.385. The number of nitrogens with zero attached hydrogens (tertiary/aromatic N) is 1. The lowest BCUT2D eigenvalue weighted by Gasteiger charge is -2.16. The highest BCUT2D eigenvalue weighted by molar-refractivity contribution is 5.92. The predicted molar refractivity (Wildman–Crippen MR) is 102 cm³/mol. The van der Waals surface area contributed by atoms with Crippen LogP contribution in [0.25, 0.3) is 0 Å². The number of aryl methyl sites for hydroxylation is 1. The second-order valence-corrected chi connectivity index (χ2v) is 6.17. The zero-order valence-electron chi connectivity index (χ0n) is 15.9. The second kappa shape index (κ2) is 9.98. The van der Waals surface area contributed by atoms with Crippen LogP contribution in [0.15, 0.2) is 48.5 Å². The van der Waals surface area contributed by atoms with Gasteiger partial charge < -0.3 is 14.8 Å². The van der Waals surface area contributed by atoms with Crippen LogP contribution in [0.2, 0.25) is 0 Å². The maximum absolute atomic E-state index is 12.1. The maximum atomic E-state index is 12.1. The van der Waals surface area contributed by atoms with E-state index in [0.717, 1.165) is 5.56 Å². The Balaban J connectivity index is 1.96. The van der Waals surface area contributed by atoms with E-state index in [9.17, 15) is 24.5 Å². The fourth-order valence-corrected chi connectivity index (χ4v) is 2.62. The number of nitro benzene ring substituents is 1. The summed E-state index contributed by atoms with van der Waals surface area (Å²) < 4.78 is 9.64. The molecule has 152 valence electrons. The topological polar surface area (TPSA) is 125 Å². The average Bonchev–Trinajstić information content (AvgIpc) is 2.71. The number of ether oxygens (including phenoxy) is 2. The van der Waals surface area contributed by atoms with E-state index < -0.39 is 35.4 Å². The van der Waals surface area contributed by atoms with Crippen molar-refractivity contribution in [3.63, 3.8) is 0 Å². The number of hydrogen-bond acceptors (Lipinski definition) is 7. The minimum atomic E-state index is -0.935. The van der Waals surface area contributed by atoms with Gasteiger partial charge in [-0.3, -0.25) is 14.9 Å². The zero-order chi connectivity index (χ0) is 21.4. The molecule has 0 fully saturated rings. The van der Waals surface area contributed by atoms with Crippen LogP contribution in [0.1, 0.15) is 21.5 Å². The monoisotopic (exact) mass is 400 g/mol. The Labute approximate surface area is 166 Å². The molecule has 2 aromatic carbocycles. The molecular weight excluding hydrogens is 380 g/mol. The van der Waals surface area contributed by atoms with E-state index >= 15 is 0 Å². The summed E-state index contributed by atoms with van der Waals surface area (Å²) in [6, 6.07) is 11.9. The van der Waals surface area contributed by atoms with Crippen LogP contribution in [-0.2, 0) is 25.5 Å². The Morgan fingerprint density at radius 2 is 1.83 bits per heavy atom. The Hall–Kier alpha value is -3.75. The normalized spacial score (nSPS) is 11.2. The van der Waals surface area contributed by atoms with Crippen LogP contribution >= 0.6 is 0 Å². The van der Waals surface area contributed by atoms with E-state index in [1.807, 2.05) is 6.07 Å². The van der Waals surface area contributed by atoms with Crippen molar-refractivity contribution in [1.82, 2.24) is 5.32 Å². The molecule has 1 amide bonds. The molecule has 0 saturated carbocycles. The van der Waals surface area contributed by atoms with Gasteiger partial charge in [-0.2, -0.15) is 0 Å². The van der Waals surface area contributed by atoms with Gasteiger partial charge >= 0.3 is 11.9 Å². The highest BCUT2D eigenvalue weighted by atomic mass is 16.6. The summed E-state index contributed by atoms with van der Waals surface area (Å²) in [6.07, 6.45) is 0.217. The van der Waals surface area contributed by atoms with Gasteiger partial charge in [0.05, 0.1) is 17.6 Å². The largest absolute Gasteiger partial charge is 0.467 e. The average molecular weight is 400 g/mol. The van der Waals surface area contributed by atoms with Gasteiger partial charge in [0.25, 0.3) is 11.6 Å². The van der Waals surface area contributed by atoms with E-state index in [1.165, 1.54) is 32.2 Å². The van der Waals surface area contributed by atoms with Crippen molar-refractivity contribution in [2.75, 3.05) is 13.7 Å². The van der Waals surface area contributed by atoms with Crippen molar-refractivity contribution in [3.8, 4) is 0 Å². The molecule has 1 atom stereocenters. The van der Waals surface area contributed by atoms with Crippen LogP contribution < -0.4 is 5.32 Å². The minimum Gasteiger partial charge on any atom is -0.467 e. The molecule has 0 aliphatic rings. The quantitative estimate of drug-likeness (QED) is 0.408. The summed E-state index contributed by atoms with van der Waals surface area (Å²) in [6.45, 7) is 0.878. The van der Waals surface area contributed by atoms with Gasteiger partial charge in [-0.15, -0.1) is 0 Å². The summed E-state index contributed by atoms with van der Waals surface area (Å²) in [7, 11) is 1.21. The summed E-state index contributed by atoms with van der Waals surface area (Å²) in [4.78, 5) is 46.4. The molecule has 0 aliphatic heterocycles. The molecule has 0 heterocycles. The van der Waals surface area contributed by atoms with E-state index in [-0.39, 0.29) is 17.7 Å². The van der Waals surface area contributed by atoms with Gasteiger partial charge in [-0.1, -0.05) is 30.3 Å². The molecule has 9 heteroatoms. The highest BCUT2D eigenvalue weighted by Gasteiger charge is 2.23. The predicted octanol–water partition coefficient (Wildman–Crippen LogP) is 1.96. The molecule has 0 bridgehead atoms. The third-order valence-corrected chi connectivity index (χ3v) is 4.07. The van der Waals surface area contributed by atoms with Crippen molar-refractivity contribution in [3.05, 3.63) is 75.3 Å². The minimum absolute atomic E-state index is 0.0784. The van der Waals surface area contributed by atoms with Crippen LogP contribution in [0.3, 0.4) is 0 Å². The smallest absolute Gasteiger partial charge is 0.338 e. The van der Waals surface area contributed by atoms with E-state index in [1.54, 1.807) is 24.3 Å². The molecule has 0 aromatic heterocycles. The SMILES string of the molecule is COC(=O)C(Cc1ccccc1)NC(=O)COC(=O)c1ccc([N+](=O)[O-])c(C)c1. The van der Waals surface area contributed by atoms with Gasteiger partial charge in [0.2, 0.25) is 0 Å². The van der Waals surface area contributed by atoms with E-state index in [2.05, 4.69) is 5.32 Å². The molecule has 1 unspecified atom stereocenters. The van der Waals surface area contributed by atoms with Crippen molar-refractivity contribution < 1.29 is 28.8 Å². The summed E-state index contributed by atoms with van der Waals surface area (Å²) in [5.74, 6) is -2.11. The highest BCUT2D eigenvalue weighted by Crippen LogP contribution is 2.19. The fraction of sp³-hybridized carbons (Fsp3) is 0.250. The van der Waals surface area contributed by atoms with Crippen molar-refractivity contribution in [2.24, 2.45) is 0 Å². The number of carbonyl (C=O) groups is 3. The summed E-state index contributed by atoms with van der Waals surface area (Å²) in [5, 5.41) is 13.3. The number of hydrogen-bond donors (Lipinski definition) is 1. The molecule has 1 N–H and O–H groups in total. The molecule has 29 heavy (non-hydrogen) atoms. The first kappa shape index (κ1) is 21.5. The zero-order valence-corrected chi connectivity index (χ0v) is 15.9. The fourth-order valence-electron chi connectivity index (χ4n) is 2.62. The first-order valence-electron chi connectivity index (χ1n) is 8.65. The standard InChI is InChI=1S/C20H20N2O7/c1-13-10-15(8-9-17(13)22(26)27)19(24)29-12-18(23)21-16(20(25)28-2)11-14-6-4-3-5-7-14/h3-10,16H,11-12H2,1-2H3,(H,21,23). The molecular formula is C20H20N2O7. The van der Waals surface area contributed by atoms with Crippen molar-refractivity contribution >= 4 is 23.5 Å². The third kappa shape index (κ3) is 6.13. The van der Waals surface area contributed by atoms with Crippen molar-refractivity contribution in [2.45, 2.75) is 19.4 Å². The summed E-state index contributed by atoms with van der Waals surface area (Å²) in [5.41, 5.74) is 1.07. The number of nitro groups is 1. The van der Waals surface area contributed by atoms with E-state index in [4.69, 9.17) is 9.47 Å². The number of amides is 1. The van der Waals surface area contributed by atoms with Crippen LogP contribution in [0, 0.1) is 17.0 Å². The van der Waals surface area contributed by atoms with Crippen molar-refractivity contribution in [1.29, 1.82) is 0 Å². The third-order valence-electron chi connectivity index (χ3n) is 4.07. The van der Waals surface area contributed by atoms with Gasteiger partial charge in [0, 0.05) is 18.1 Å². The molecule has 2 rings (SSSR count). The molecule has 0 aliphatic carbocycles. The lowest BCUT2D eigenvalue weighted by atomic mass is 10.1. The van der Waals surface area contributed by atoms with Gasteiger partial charge in [0.1, 0.15) is 6.04 Å². The number of benzene rings is 2. The molecule has 0 saturated heterocycles. The number of carbonyl (C=O) groups excluding carboxylic acids is 3. The number of rotatable bonds is 8. The molecule has 0 spiro atoms. The Morgan fingerprint density at radius 1 is 1.14 bits per heavy atom. The lowest BCUT2D eigenvalue weighted by Crippen LogP contribution is -2.44. The Morgan fingerprint density at radius 3 is 2.41 bits per heavy atom. The number of nitrogens with one attached hydrogen (secondary N) is 1. The molecule has 0 radical (unpaired) electrons. The molecule has 2 aromatic rings. The first-order chi connectivity index (χ1) is 13.8. The van der Waals surface area contributed by atoms with E-state index in [0.29, 0.717) is 5.56 Å². The van der Waals surface area contributed by atoms with Gasteiger partial charge in [-0.05, 0) is 24.6 Å². The number of esters is 2. The molecule has 9 nitrogen and oxygen atoms in total. The van der Waals surface area contributed by atoms with Crippen LogP contribution in [0.4, 0.5) is 5.69 Å². The van der Waals surface area contributed by atoms with Gasteiger partial charge in [-0.25, -0.2) is 9.59 Å². The maximum Gasteiger partial charge on any atom is 0.338 e.